The molecule has 0 bridgehead atoms. The van der Waals surface area contributed by atoms with Gasteiger partial charge in [0.25, 0.3) is 0 Å². The molecule has 1 unspecified atom stereocenters. The van der Waals surface area contributed by atoms with E-state index in [1.54, 1.807) is 17.6 Å². The van der Waals surface area contributed by atoms with Crippen LogP contribution in [0.2, 0.25) is 0 Å². The van der Waals surface area contributed by atoms with E-state index in [0.717, 1.165) is 31.6 Å². The van der Waals surface area contributed by atoms with Gasteiger partial charge < -0.3 is 9.73 Å². The first kappa shape index (κ1) is 12.4. The summed E-state index contributed by atoms with van der Waals surface area (Å²) in [5, 5.41) is 7.92. The zero-order valence-corrected chi connectivity index (χ0v) is 11.0. The summed E-state index contributed by atoms with van der Waals surface area (Å²) in [5.41, 5.74) is 1.43. The maximum atomic E-state index is 5.37. The molecule has 0 aliphatic rings. The number of aryl methyl sites for hydroxylation is 1. The summed E-state index contributed by atoms with van der Waals surface area (Å²) in [6, 6.07) is 6.76. The maximum absolute atomic E-state index is 5.37. The second kappa shape index (κ2) is 6.62. The smallest absolute Gasteiger partial charge is 0.103 e. The van der Waals surface area contributed by atoms with Crippen LogP contribution in [0.25, 0.3) is 0 Å². The van der Waals surface area contributed by atoms with E-state index in [0.29, 0.717) is 6.04 Å². The fraction of sp³-hybridized carbons (Fsp3) is 0.429. The summed E-state index contributed by atoms with van der Waals surface area (Å²) < 4.78 is 5.37. The average Bonchev–Trinajstić information content (AvgIpc) is 2.99. The molecule has 2 aromatic rings. The van der Waals surface area contributed by atoms with Crippen molar-refractivity contribution in [3.63, 3.8) is 0 Å². The monoisotopic (exact) mass is 249 g/mol. The second-order valence-electron chi connectivity index (χ2n) is 4.21. The van der Waals surface area contributed by atoms with Gasteiger partial charge in [0.15, 0.2) is 0 Å². The third kappa shape index (κ3) is 4.02. The lowest BCUT2D eigenvalue weighted by molar-refractivity contribution is 0.448. The van der Waals surface area contributed by atoms with E-state index in [1.165, 1.54) is 5.56 Å². The number of likely N-dealkylation sites (N-methyl/N-ethyl adjacent to an activating group) is 1. The van der Waals surface area contributed by atoms with Gasteiger partial charge in [0, 0.05) is 12.5 Å². The number of hydrogen-bond acceptors (Lipinski definition) is 3. The molecule has 92 valence electrons. The third-order valence-corrected chi connectivity index (χ3v) is 3.61. The molecule has 0 aromatic carbocycles. The van der Waals surface area contributed by atoms with E-state index >= 15 is 0 Å². The van der Waals surface area contributed by atoms with Crippen LogP contribution >= 0.6 is 11.3 Å². The lowest BCUT2D eigenvalue weighted by Crippen LogP contribution is -2.31. The highest BCUT2D eigenvalue weighted by atomic mass is 32.1. The molecule has 0 aliphatic heterocycles. The molecule has 0 spiro atoms. The molecule has 2 aromatic heterocycles. The van der Waals surface area contributed by atoms with Crippen LogP contribution in [0.4, 0.5) is 0 Å². The van der Waals surface area contributed by atoms with E-state index in [-0.39, 0.29) is 0 Å². The fourth-order valence-corrected chi connectivity index (χ4v) is 2.71. The molecule has 0 fully saturated rings. The first-order chi connectivity index (χ1) is 8.38. The number of nitrogens with one attached hydrogen (secondary N) is 1. The predicted molar refractivity (Wildman–Crippen MR) is 72.5 cm³/mol. The van der Waals surface area contributed by atoms with Gasteiger partial charge in [-0.25, -0.2) is 0 Å². The van der Waals surface area contributed by atoms with Crippen molar-refractivity contribution in [3.05, 3.63) is 46.5 Å². The molecule has 17 heavy (non-hydrogen) atoms. The van der Waals surface area contributed by atoms with Gasteiger partial charge in [-0.3, -0.25) is 0 Å². The zero-order valence-electron chi connectivity index (χ0n) is 10.2. The van der Waals surface area contributed by atoms with Crippen molar-refractivity contribution in [3.8, 4) is 0 Å². The Morgan fingerprint density at radius 1 is 1.41 bits per heavy atom. The van der Waals surface area contributed by atoms with E-state index in [1.807, 2.05) is 12.1 Å². The van der Waals surface area contributed by atoms with Crippen molar-refractivity contribution in [1.82, 2.24) is 5.32 Å². The van der Waals surface area contributed by atoms with E-state index in [9.17, 15) is 0 Å². The van der Waals surface area contributed by atoms with Crippen molar-refractivity contribution >= 4 is 11.3 Å². The summed E-state index contributed by atoms with van der Waals surface area (Å²) in [5.74, 6) is 1.08. The van der Waals surface area contributed by atoms with Crippen LogP contribution in [-0.4, -0.2) is 12.6 Å². The van der Waals surface area contributed by atoms with Gasteiger partial charge >= 0.3 is 0 Å². The van der Waals surface area contributed by atoms with Gasteiger partial charge in [-0.05, 0) is 53.9 Å². The van der Waals surface area contributed by atoms with Crippen LogP contribution in [0, 0.1) is 0 Å². The first-order valence-corrected chi connectivity index (χ1v) is 7.09. The molecule has 2 rings (SSSR count). The van der Waals surface area contributed by atoms with Crippen molar-refractivity contribution in [2.24, 2.45) is 0 Å². The number of thiophene rings is 1. The van der Waals surface area contributed by atoms with Crippen LogP contribution in [0.1, 0.15) is 24.7 Å². The largest absolute Gasteiger partial charge is 0.469 e. The SMILES string of the molecule is CCNC(CCc1ccco1)Cc1ccsc1. The molecule has 3 heteroatoms. The lowest BCUT2D eigenvalue weighted by atomic mass is 10.0. The maximum Gasteiger partial charge on any atom is 0.103 e. The highest BCUT2D eigenvalue weighted by Crippen LogP contribution is 2.13. The van der Waals surface area contributed by atoms with Crippen LogP contribution < -0.4 is 5.32 Å². The van der Waals surface area contributed by atoms with Gasteiger partial charge in [-0.1, -0.05) is 6.92 Å². The molecule has 1 N–H and O–H groups in total. The Bertz CT molecular complexity index is 394. The molecular formula is C14H19NOS. The van der Waals surface area contributed by atoms with Crippen LogP contribution in [0.3, 0.4) is 0 Å². The van der Waals surface area contributed by atoms with E-state index in [4.69, 9.17) is 4.42 Å². The molecule has 0 amide bonds. The predicted octanol–water partition coefficient (Wildman–Crippen LogP) is 3.49. The quantitative estimate of drug-likeness (QED) is 0.812. The minimum absolute atomic E-state index is 0.541. The Labute approximate surface area is 107 Å². The highest BCUT2D eigenvalue weighted by Gasteiger charge is 2.09. The summed E-state index contributed by atoms with van der Waals surface area (Å²) in [6.07, 6.45) is 4.99. The van der Waals surface area contributed by atoms with Gasteiger partial charge in [-0.15, -0.1) is 0 Å². The third-order valence-electron chi connectivity index (χ3n) is 2.87. The molecule has 0 saturated carbocycles. The zero-order chi connectivity index (χ0) is 11.9. The Morgan fingerprint density at radius 3 is 3.00 bits per heavy atom. The fourth-order valence-electron chi connectivity index (χ4n) is 2.03. The molecule has 2 nitrogen and oxygen atoms in total. The molecule has 0 radical (unpaired) electrons. The normalized spacial score (nSPS) is 12.8. The molecule has 1 atom stereocenters. The van der Waals surface area contributed by atoms with Gasteiger partial charge in [-0.2, -0.15) is 11.3 Å². The van der Waals surface area contributed by atoms with E-state index in [2.05, 4.69) is 29.1 Å². The molecular weight excluding hydrogens is 230 g/mol. The van der Waals surface area contributed by atoms with Crippen molar-refractivity contribution in [2.45, 2.75) is 32.2 Å². The molecule has 0 aliphatic carbocycles. The van der Waals surface area contributed by atoms with Gasteiger partial charge in [0.2, 0.25) is 0 Å². The van der Waals surface area contributed by atoms with Crippen molar-refractivity contribution in [1.29, 1.82) is 0 Å². The minimum atomic E-state index is 0.541. The summed E-state index contributed by atoms with van der Waals surface area (Å²) in [6.45, 7) is 3.18. The first-order valence-electron chi connectivity index (χ1n) is 6.15. The number of rotatable bonds is 7. The second-order valence-corrected chi connectivity index (χ2v) is 4.99. The Hall–Kier alpha value is -1.06. The lowest BCUT2D eigenvalue weighted by Gasteiger charge is -2.16. The van der Waals surface area contributed by atoms with Crippen LogP contribution in [-0.2, 0) is 12.8 Å². The van der Waals surface area contributed by atoms with Gasteiger partial charge in [0.1, 0.15) is 5.76 Å². The Morgan fingerprint density at radius 2 is 2.35 bits per heavy atom. The Kier molecular flexibility index (Phi) is 4.83. The average molecular weight is 249 g/mol. The van der Waals surface area contributed by atoms with Crippen LogP contribution in [0.15, 0.2) is 39.6 Å². The Balaban J connectivity index is 1.84. The van der Waals surface area contributed by atoms with Crippen molar-refractivity contribution in [2.75, 3.05) is 6.54 Å². The number of furan rings is 1. The summed E-state index contributed by atoms with van der Waals surface area (Å²) >= 11 is 1.77. The van der Waals surface area contributed by atoms with Crippen LogP contribution in [0.5, 0.6) is 0 Å². The molecule has 2 heterocycles. The topological polar surface area (TPSA) is 25.2 Å². The van der Waals surface area contributed by atoms with Crippen molar-refractivity contribution < 1.29 is 4.42 Å². The molecule has 0 saturated heterocycles. The standard InChI is InChI=1S/C14H19NOS/c1-2-15-13(10-12-7-9-17-11-12)5-6-14-4-3-8-16-14/h3-4,7-9,11,13,15H,2,5-6,10H2,1H3. The van der Waals surface area contributed by atoms with E-state index < -0.39 is 0 Å². The van der Waals surface area contributed by atoms with Gasteiger partial charge in [0.05, 0.1) is 6.26 Å². The number of hydrogen-bond donors (Lipinski definition) is 1. The minimum Gasteiger partial charge on any atom is -0.469 e. The highest BCUT2D eigenvalue weighted by molar-refractivity contribution is 7.07. The summed E-state index contributed by atoms with van der Waals surface area (Å²) in [7, 11) is 0. The summed E-state index contributed by atoms with van der Waals surface area (Å²) in [4.78, 5) is 0.